The summed E-state index contributed by atoms with van der Waals surface area (Å²) < 4.78 is 88.2. The second kappa shape index (κ2) is 29.8. The Bertz CT molecular complexity index is 1120. The Kier molecular flexibility index (Phi) is 28.5. The average Bonchev–Trinajstić information content (AvgIpc) is 3.17. The van der Waals surface area contributed by atoms with E-state index in [0.29, 0.717) is 0 Å². The van der Waals surface area contributed by atoms with Crippen LogP contribution in [0.2, 0.25) is 0 Å². The van der Waals surface area contributed by atoms with E-state index >= 15 is 0 Å². The van der Waals surface area contributed by atoms with Gasteiger partial charge in [-0.05, 0) is 0 Å². The average molecular weight is 1030 g/mol. The molecule has 0 aromatic carbocycles. The topological polar surface area (TPSA) is 190 Å². The molecule has 0 bridgehead atoms. The molecule has 0 amide bonds. The van der Waals surface area contributed by atoms with Crippen molar-refractivity contribution in [3.63, 3.8) is 0 Å². The summed E-state index contributed by atoms with van der Waals surface area (Å²) in [5.74, 6) is -10.2. The fourth-order valence-electron chi connectivity index (χ4n) is 5.17. The monoisotopic (exact) mass is 1030 g/mol. The Morgan fingerprint density at radius 3 is 0.638 bits per heavy atom. The zero-order chi connectivity index (χ0) is 44.4. The minimum absolute atomic E-state index is 0.0259. The molecule has 0 fully saturated rings. The van der Waals surface area contributed by atoms with Crippen molar-refractivity contribution < 1.29 is 79.3 Å². The van der Waals surface area contributed by atoms with Gasteiger partial charge in [-0.3, -0.25) is 0 Å². The predicted octanol–water partition coefficient (Wildman–Crippen LogP) is 5.82. The molecule has 19 heteroatoms. The second-order valence-electron chi connectivity index (χ2n) is 11.2. The standard InChI is InChI=1S/3C13H24O6.Tl/c3*1-6-16-11(10(5)14)12(15)13(17-7-2,18-8-3)19-9-4;/h3*14H,6-9H2,1-5H3;/q;;;+3/p-3/b3*11-10+;. The van der Waals surface area contributed by atoms with E-state index in [-0.39, 0.29) is 114 Å². The van der Waals surface area contributed by atoms with Gasteiger partial charge in [-0.2, -0.15) is 0 Å². The van der Waals surface area contributed by atoms with Crippen LogP contribution in [-0.2, 0) is 79.3 Å². The third-order valence-corrected chi connectivity index (χ3v) is 13.5. The van der Waals surface area contributed by atoms with Gasteiger partial charge in [-0.1, -0.05) is 0 Å². The van der Waals surface area contributed by atoms with Crippen LogP contribution in [0.25, 0.3) is 0 Å². The third kappa shape index (κ3) is 15.9. The van der Waals surface area contributed by atoms with Crippen LogP contribution in [-0.4, -0.2) is 139 Å². The zero-order valence-electron chi connectivity index (χ0n) is 37.4. The van der Waals surface area contributed by atoms with Gasteiger partial charge in [0.25, 0.3) is 0 Å². The summed E-state index contributed by atoms with van der Waals surface area (Å²) >= 11 is -4.97. The molecule has 0 radical (unpaired) electrons. The van der Waals surface area contributed by atoms with Gasteiger partial charge >= 0.3 is 356 Å². The van der Waals surface area contributed by atoms with Gasteiger partial charge in [0.05, 0.1) is 0 Å². The SMILES string of the molecule is CCO/C(C(=O)C(OCC)(OCC)OCC)=C(\C)[O][Tl]([O]/C(C)=C(/OCC)C(=O)C(OCC)(OCC)OCC)[O]/C(C)=C(/OCC)C(=O)C(OCC)(OCC)OCC. The van der Waals surface area contributed by atoms with Crippen LogP contribution in [0, 0.1) is 0 Å². The van der Waals surface area contributed by atoms with Gasteiger partial charge in [0.15, 0.2) is 0 Å². The molecule has 0 unspecified atom stereocenters. The Balaban J connectivity index is 8.02. The summed E-state index contributed by atoms with van der Waals surface area (Å²) in [5, 5.41) is 0. The number of carbonyl (C=O) groups is 3. The fraction of sp³-hybridized carbons (Fsp3) is 0.769. The van der Waals surface area contributed by atoms with Crippen LogP contribution in [0.5, 0.6) is 0 Å². The normalized spacial score (nSPS) is 13.5. The van der Waals surface area contributed by atoms with Crippen molar-refractivity contribution in [1.29, 1.82) is 0 Å². The number of rotatable bonds is 36. The van der Waals surface area contributed by atoms with Crippen LogP contribution in [0.1, 0.15) is 104 Å². The van der Waals surface area contributed by atoms with Crippen molar-refractivity contribution in [3.05, 3.63) is 34.6 Å². The van der Waals surface area contributed by atoms with Crippen LogP contribution in [0.3, 0.4) is 0 Å². The Hall–Kier alpha value is -2.41. The summed E-state index contributed by atoms with van der Waals surface area (Å²) in [4.78, 5) is 42.7. The van der Waals surface area contributed by atoms with E-state index in [1.165, 1.54) is 20.8 Å². The quantitative estimate of drug-likeness (QED) is 0.0316. The molecule has 0 spiro atoms. The molecule has 0 aliphatic rings. The molecule has 0 atom stereocenters. The number of carbonyl (C=O) groups excluding carboxylic acids is 3. The molecular formula is C39H69O18Tl. The van der Waals surface area contributed by atoms with E-state index in [1.54, 1.807) is 83.1 Å². The molecule has 0 aliphatic carbocycles. The van der Waals surface area contributed by atoms with Crippen molar-refractivity contribution in [3.8, 4) is 0 Å². The van der Waals surface area contributed by atoms with Gasteiger partial charge < -0.3 is 0 Å². The summed E-state index contributed by atoms with van der Waals surface area (Å²) in [5.41, 5.74) is 0. The molecule has 0 aromatic rings. The first kappa shape index (κ1) is 55.6. The number of hydrogen-bond donors (Lipinski definition) is 0. The number of ketones is 3. The third-order valence-electron chi connectivity index (χ3n) is 7.11. The van der Waals surface area contributed by atoms with E-state index < -0.39 is 59.3 Å². The van der Waals surface area contributed by atoms with Gasteiger partial charge in [0.2, 0.25) is 0 Å². The molecule has 18 nitrogen and oxygen atoms in total. The molecule has 0 saturated heterocycles. The van der Waals surface area contributed by atoms with Crippen molar-refractivity contribution in [2.75, 3.05) is 79.3 Å². The summed E-state index contributed by atoms with van der Waals surface area (Å²) in [6.45, 7) is 25.0. The summed E-state index contributed by atoms with van der Waals surface area (Å²) in [6.07, 6.45) is 0. The Morgan fingerprint density at radius 2 is 0.500 bits per heavy atom. The minimum atomic E-state index is -4.97. The van der Waals surface area contributed by atoms with Gasteiger partial charge in [0, 0.05) is 0 Å². The van der Waals surface area contributed by atoms with E-state index in [9.17, 15) is 14.4 Å². The molecule has 0 saturated carbocycles. The number of allylic oxidation sites excluding steroid dienone is 3. The maximum atomic E-state index is 14.2. The van der Waals surface area contributed by atoms with Crippen LogP contribution < -0.4 is 0 Å². The van der Waals surface area contributed by atoms with E-state index in [2.05, 4.69) is 0 Å². The fourth-order valence-corrected chi connectivity index (χ4v) is 10.3. The molecule has 336 valence electrons. The number of Topliss-reactive ketones (excluding diaryl/α,β-unsaturated/α-hetero) is 3. The predicted molar refractivity (Wildman–Crippen MR) is 210 cm³/mol. The van der Waals surface area contributed by atoms with E-state index in [0.717, 1.165) is 0 Å². The first-order valence-electron chi connectivity index (χ1n) is 20.1. The van der Waals surface area contributed by atoms with Crippen LogP contribution in [0.4, 0.5) is 0 Å². The van der Waals surface area contributed by atoms with Crippen molar-refractivity contribution in [2.45, 2.75) is 122 Å². The number of ether oxygens (including phenoxy) is 12. The zero-order valence-corrected chi connectivity index (χ0v) is 41.9. The first-order chi connectivity index (χ1) is 27.7. The summed E-state index contributed by atoms with van der Waals surface area (Å²) in [6, 6.07) is 0. The molecule has 0 aromatic heterocycles. The summed E-state index contributed by atoms with van der Waals surface area (Å²) in [7, 11) is 0. The molecule has 0 heterocycles. The van der Waals surface area contributed by atoms with Crippen LogP contribution in [0.15, 0.2) is 34.6 Å². The Morgan fingerprint density at radius 1 is 0.328 bits per heavy atom. The molecule has 0 rings (SSSR count). The first-order valence-corrected chi connectivity index (χ1v) is 25.6. The Labute approximate surface area is 355 Å². The van der Waals surface area contributed by atoms with E-state index in [4.69, 9.17) is 64.9 Å². The van der Waals surface area contributed by atoms with Gasteiger partial charge in [-0.25, -0.2) is 0 Å². The van der Waals surface area contributed by atoms with Crippen molar-refractivity contribution in [2.24, 2.45) is 0 Å². The number of hydrogen-bond acceptors (Lipinski definition) is 18. The van der Waals surface area contributed by atoms with E-state index in [1.807, 2.05) is 0 Å². The van der Waals surface area contributed by atoms with Crippen molar-refractivity contribution >= 4 is 41.4 Å². The molecular weight excluding hydrogens is 961 g/mol. The van der Waals surface area contributed by atoms with Crippen LogP contribution >= 0.6 is 0 Å². The molecule has 0 N–H and O–H groups in total. The van der Waals surface area contributed by atoms with Gasteiger partial charge in [-0.15, -0.1) is 0 Å². The van der Waals surface area contributed by atoms with Crippen molar-refractivity contribution in [1.82, 2.24) is 0 Å². The second-order valence-corrected chi connectivity index (χ2v) is 16.1. The maximum absolute atomic E-state index is 14.2. The van der Waals surface area contributed by atoms with Gasteiger partial charge in [0.1, 0.15) is 0 Å². The molecule has 0 aliphatic heterocycles. The molecule has 58 heavy (non-hydrogen) atoms.